The SMILES string of the molecule is CCCCOC(=O)NCc1cccnc1C#N. The van der Waals surface area contributed by atoms with Crippen LogP contribution in [0.4, 0.5) is 4.79 Å². The van der Waals surface area contributed by atoms with Crippen molar-refractivity contribution in [2.75, 3.05) is 6.61 Å². The van der Waals surface area contributed by atoms with Crippen LogP contribution in [0.1, 0.15) is 31.0 Å². The second-order valence-electron chi connectivity index (χ2n) is 3.47. The van der Waals surface area contributed by atoms with Crippen LogP contribution in [0.2, 0.25) is 0 Å². The van der Waals surface area contributed by atoms with E-state index in [0.717, 1.165) is 12.8 Å². The lowest BCUT2D eigenvalue weighted by Crippen LogP contribution is -2.24. The second-order valence-corrected chi connectivity index (χ2v) is 3.47. The standard InChI is InChI=1S/C12H15N3O2/c1-2-3-7-17-12(16)15-9-10-5-4-6-14-11(10)8-13/h4-6H,2-3,7,9H2,1H3,(H,15,16). The molecule has 0 atom stereocenters. The molecule has 0 radical (unpaired) electrons. The number of nitrogens with one attached hydrogen (secondary N) is 1. The minimum Gasteiger partial charge on any atom is -0.450 e. The van der Waals surface area contributed by atoms with Gasteiger partial charge in [-0.25, -0.2) is 9.78 Å². The van der Waals surface area contributed by atoms with Crippen molar-refractivity contribution in [2.24, 2.45) is 0 Å². The van der Waals surface area contributed by atoms with Crippen LogP contribution >= 0.6 is 0 Å². The van der Waals surface area contributed by atoms with Gasteiger partial charge in [-0.1, -0.05) is 19.4 Å². The molecule has 1 aromatic heterocycles. The molecule has 0 spiro atoms. The van der Waals surface area contributed by atoms with Crippen molar-refractivity contribution in [1.82, 2.24) is 10.3 Å². The molecule has 0 aliphatic rings. The zero-order chi connectivity index (χ0) is 12.5. The van der Waals surface area contributed by atoms with Crippen LogP contribution in [-0.4, -0.2) is 17.7 Å². The number of alkyl carbamates (subject to hydrolysis) is 1. The Labute approximate surface area is 100 Å². The molecule has 17 heavy (non-hydrogen) atoms. The van der Waals surface area contributed by atoms with E-state index in [4.69, 9.17) is 10.00 Å². The zero-order valence-corrected chi connectivity index (χ0v) is 9.77. The number of aromatic nitrogens is 1. The summed E-state index contributed by atoms with van der Waals surface area (Å²) < 4.78 is 4.92. The summed E-state index contributed by atoms with van der Waals surface area (Å²) in [4.78, 5) is 15.2. The average Bonchev–Trinajstić information content (AvgIpc) is 2.37. The van der Waals surface area contributed by atoms with E-state index in [9.17, 15) is 4.79 Å². The first kappa shape index (κ1) is 13.0. The maximum absolute atomic E-state index is 11.3. The Morgan fingerprint density at radius 3 is 3.18 bits per heavy atom. The summed E-state index contributed by atoms with van der Waals surface area (Å²) in [5.74, 6) is 0. The fourth-order valence-corrected chi connectivity index (χ4v) is 1.21. The lowest BCUT2D eigenvalue weighted by atomic mass is 10.2. The lowest BCUT2D eigenvalue weighted by molar-refractivity contribution is 0.144. The van der Waals surface area contributed by atoms with E-state index >= 15 is 0 Å². The molecule has 1 aromatic rings. The van der Waals surface area contributed by atoms with Crippen molar-refractivity contribution in [3.63, 3.8) is 0 Å². The number of amides is 1. The van der Waals surface area contributed by atoms with Crippen molar-refractivity contribution in [3.8, 4) is 6.07 Å². The molecule has 5 heteroatoms. The molecule has 0 saturated carbocycles. The van der Waals surface area contributed by atoms with Crippen LogP contribution in [0, 0.1) is 11.3 Å². The van der Waals surface area contributed by atoms with E-state index in [-0.39, 0.29) is 6.54 Å². The normalized spacial score (nSPS) is 9.41. The first-order valence-electron chi connectivity index (χ1n) is 5.52. The molecule has 5 nitrogen and oxygen atoms in total. The van der Waals surface area contributed by atoms with Crippen LogP contribution in [0.5, 0.6) is 0 Å². The molecular formula is C12H15N3O2. The summed E-state index contributed by atoms with van der Waals surface area (Å²) in [5, 5.41) is 11.4. The van der Waals surface area contributed by atoms with E-state index < -0.39 is 6.09 Å². The molecule has 0 saturated heterocycles. The van der Waals surface area contributed by atoms with Crippen LogP contribution in [0.3, 0.4) is 0 Å². The number of rotatable bonds is 5. The number of unbranched alkanes of at least 4 members (excludes halogenated alkanes) is 1. The van der Waals surface area contributed by atoms with Crippen molar-refractivity contribution < 1.29 is 9.53 Å². The Kier molecular flexibility index (Phi) is 5.52. The summed E-state index contributed by atoms with van der Waals surface area (Å²) in [5.41, 5.74) is 1.00. The highest BCUT2D eigenvalue weighted by molar-refractivity contribution is 5.67. The van der Waals surface area contributed by atoms with E-state index in [0.29, 0.717) is 17.9 Å². The van der Waals surface area contributed by atoms with Crippen LogP contribution in [0.15, 0.2) is 18.3 Å². The predicted molar refractivity (Wildman–Crippen MR) is 62.0 cm³/mol. The molecule has 1 rings (SSSR count). The summed E-state index contributed by atoms with van der Waals surface area (Å²) in [6.45, 7) is 2.69. The van der Waals surface area contributed by atoms with E-state index in [1.54, 1.807) is 18.3 Å². The molecule has 1 N–H and O–H groups in total. The van der Waals surface area contributed by atoms with Gasteiger partial charge in [-0.3, -0.25) is 0 Å². The molecule has 0 bridgehead atoms. The monoisotopic (exact) mass is 233 g/mol. The molecule has 0 unspecified atom stereocenters. The fraction of sp³-hybridized carbons (Fsp3) is 0.417. The number of nitrogens with zero attached hydrogens (tertiary/aromatic N) is 2. The van der Waals surface area contributed by atoms with Gasteiger partial charge in [0.25, 0.3) is 0 Å². The van der Waals surface area contributed by atoms with Gasteiger partial charge in [0.05, 0.1) is 6.61 Å². The Morgan fingerprint density at radius 2 is 2.47 bits per heavy atom. The molecular weight excluding hydrogens is 218 g/mol. The molecule has 1 amide bonds. The number of hydrogen-bond donors (Lipinski definition) is 1. The van der Waals surface area contributed by atoms with Gasteiger partial charge in [-0.15, -0.1) is 0 Å². The molecule has 90 valence electrons. The summed E-state index contributed by atoms with van der Waals surface area (Å²) in [6, 6.07) is 5.44. The van der Waals surface area contributed by atoms with Crippen LogP contribution in [-0.2, 0) is 11.3 Å². The van der Waals surface area contributed by atoms with Gasteiger partial charge in [0.15, 0.2) is 0 Å². The maximum Gasteiger partial charge on any atom is 0.407 e. The molecule has 0 fully saturated rings. The average molecular weight is 233 g/mol. The van der Waals surface area contributed by atoms with E-state index in [1.807, 2.05) is 13.0 Å². The molecule has 0 aliphatic carbocycles. The van der Waals surface area contributed by atoms with Crippen LogP contribution in [0.25, 0.3) is 0 Å². The van der Waals surface area contributed by atoms with Gasteiger partial charge in [-0.05, 0) is 12.5 Å². The van der Waals surface area contributed by atoms with Crippen LogP contribution < -0.4 is 5.32 Å². The van der Waals surface area contributed by atoms with Gasteiger partial charge in [0.2, 0.25) is 0 Å². The minimum absolute atomic E-state index is 0.252. The van der Waals surface area contributed by atoms with E-state index in [1.165, 1.54) is 0 Å². The predicted octanol–water partition coefficient (Wildman–Crippen LogP) is 1.98. The number of hydrogen-bond acceptors (Lipinski definition) is 4. The fourth-order valence-electron chi connectivity index (χ4n) is 1.21. The molecule has 1 heterocycles. The highest BCUT2D eigenvalue weighted by Gasteiger charge is 2.05. The Balaban J connectivity index is 2.40. The summed E-state index contributed by atoms with van der Waals surface area (Å²) in [7, 11) is 0. The van der Waals surface area contributed by atoms with Gasteiger partial charge in [0, 0.05) is 18.3 Å². The zero-order valence-electron chi connectivity index (χ0n) is 9.77. The summed E-state index contributed by atoms with van der Waals surface area (Å²) >= 11 is 0. The minimum atomic E-state index is -0.466. The third kappa shape index (κ3) is 4.51. The van der Waals surface area contributed by atoms with Gasteiger partial charge >= 0.3 is 6.09 Å². The van der Waals surface area contributed by atoms with Gasteiger partial charge in [0.1, 0.15) is 11.8 Å². The van der Waals surface area contributed by atoms with Crippen molar-refractivity contribution in [3.05, 3.63) is 29.6 Å². The quantitative estimate of drug-likeness (QED) is 0.789. The van der Waals surface area contributed by atoms with Gasteiger partial charge < -0.3 is 10.1 Å². The number of pyridine rings is 1. The highest BCUT2D eigenvalue weighted by Crippen LogP contribution is 2.03. The van der Waals surface area contributed by atoms with Crippen molar-refractivity contribution in [2.45, 2.75) is 26.3 Å². The highest BCUT2D eigenvalue weighted by atomic mass is 16.5. The van der Waals surface area contributed by atoms with Crippen molar-refractivity contribution >= 4 is 6.09 Å². The number of carbonyl (C=O) groups excluding carboxylic acids is 1. The van der Waals surface area contributed by atoms with Gasteiger partial charge in [-0.2, -0.15) is 5.26 Å². The van der Waals surface area contributed by atoms with E-state index in [2.05, 4.69) is 10.3 Å². The number of ether oxygens (including phenoxy) is 1. The largest absolute Gasteiger partial charge is 0.450 e. The topological polar surface area (TPSA) is 75.0 Å². The molecule has 0 aliphatic heterocycles. The molecule has 0 aromatic carbocycles. The van der Waals surface area contributed by atoms with Crippen molar-refractivity contribution in [1.29, 1.82) is 5.26 Å². The number of carbonyl (C=O) groups is 1. The lowest BCUT2D eigenvalue weighted by Gasteiger charge is -2.06. The smallest absolute Gasteiger partial charge is 0.407 e. The number of nitriles is 1. The maximum atomic E-state index is 11.3. The first-order valence-corrected chi connectivity index (χ1v) is 5.52. The Bertz CT molecular complexity index is 412. The third-order valence-corrected chi connectivity index (χ3v) is 2.15. The second kappa shape index (κ2) is 7.23. The first-order chi connectivity index (χ1) is 8.27. The Morgan fingerprint density at radius 1 is 1.65 bits per heavy atom. The Hall–Kier alpha value is -2.09. The summed E-state index contributed by atoms with van der Waals surface area (Å²) in [6.07, 6.45) is 2.91. The third-order valence-electron chi connectivity index (χ3n) is 2.15.